The van der Waals surface area contributed by atoms with E-state index < -0.39 is 0 Å². The first-order chi connectivity index (χ1) is 12.1. The third kappa shape index (κ3) is 2.65. The number of benzene rings is 2. The molecule has 0 spiro atoms. The van der Waals surface area contributed by atoms with Crippen molar-refractivity contribution >= 4 is 23.0 Å². The maximum absolute atomic E-state index is 11.3. The minimum absolute atomic E-state index is 0.0568. The fourth-order valence-electron chi connectivity index (χ4n) is 3.92. The van der Waals surface area contributed by atoms with Gasteiger partial charge >= 0.3 is 0 Å². The Balaban J connectivity index is 1.84. The lowest BCUT2D eigenvalue weighted by molar-refractivity contribution is -0.385. The van der Waals surface area contributed by atoms with E-state index in [1.165, 1.54) is 13.2 Å². The van der Waals surface area contributed by atoms with Crippen LogP contribution >= 0.6 is 11.6 Å². The molecule has 0 fully saturated rings. The molecule has 1 aliphatic carbocycles. The summed E-state index contributed by atoms with van der Waals surface area (Å²) in [6, 6.07) is 11.1. The van der Waals surface area contributed by atoms with Crippen molar-refractivity contribution in [1.29, 1.82) is 0 Å². The average molecular weight is 357 g/mol. The smallest absolute Gasteiger partial charge is 0.273 e. The lowest BCUT2D eigenvalue weighted by Crippen LogP contribution is -2.29. The molecule has 25 heavy (non-hydrogen) atoms. The van der Waals surface area contributed by atoms with Gasteiger partial charge in [-0.05, 0) is 35.6 Å². The Bertz CT molecular complexity index is 864. The van der Waals surface area contributed by atoms with Crippen LogP contribution in [-0.2, 0) is 0 Å². The highest BCUT2D eigenvalue weighted by Gasteiger charge is 2.40. The number of halogens is 1. The van der Waals surface area contributed by atoms with Crippen LogP contribution in [0.3, 0.4) is 0 Å². The first-order valence-corrected chi connectivity index (χ1v) is 8.51. The third-order valence-electron chi connectivity index (χ3n) is 5.08. The van der Waals surface area contributed by atoms with Crippen LogP contribution < -0.4 is 10.1 Å². The first kappa shape index (κ1) is 16.0. The molecule has 0 amide bonds. The summed E-state index contributed by atoms with van der Waals surface area (Å²) in [4.78, 5) is 10.9. The Morgan fingerprint density at radius 3 is 2.72 bits per heavy atom. The summed E-state index contributed by atoms with van der Waals surface area (Å²) in [6.07, 6.45) is 5.23. The van der Waals surface area contributed by atoms with E-state index in [1.54, 1.807) is 6.07 Å². The van der Waals surface area contributed by atoms with Crippen molar-refractivity contribution in [1.82, 2.24) is 0 Å². The molecule has 2 aromatic rings. The van der Waals surface area contributed by atoms with Gasteiger partial charge in [-0.25, -0.2) is 0 Å². The summed E-state index contributed by atoms with van der Waals surface area (Å²) in [5.41, 5.74) is 2.96. The largest absolute Gasteiger partial charge is 0.494 e. The molecule has 1 heterocycles. The van der Waals surface area contributed by atoms with Gasteiger partial charge in [0.15, 0.2) is 0 Å². The minimum atomic E-state index is -0.373. The van der Waals surface area contributed by atoms with Crippen LogP contribution in [-0.4, -0.2) is 12.0 Å². The van der Waals surface area contributed by atoms with Gasteiger partial charge in [-0.1, -0.05) is 35.9 Å². The molecule has 0 radical (unpaired) electrons. The van der Waals surface area contributed by atoms with Gasteiger partial charge in [-0.15, -0.1) is 0 Å². The van der Waals surface area contributed by atoms with Crippen molar-refractivity contribution in [2.24, 2.45) is 5.92 Å². The summed E-state index contributed by atoms with van der Waals surface area (Å²) in [6.45, 7) is 0. The number of nitrogens with zero attached hydrogens (tertiary/aromatic N) is 1. The zero-order valence-electron chi connectivity index (χ0n) is 13.6. The second-order valence-corrected chi connectivity index (χ2v) is 6.83. The number of rotatable bonds is 3. The molecule has 128 valence electrons. The van der Waals surface area contributed by atoms with Crippen molar-refractivity contribution < 1.29 is 9.66 Å². The molecule has 0 bridgehead atoms. The van der Waals surface area contributed by atoms with E-state index in [1.807, 2.05) is 24.3 Å². The fraction of sp³-hybridized carbons (Fsp3) is 0.263. The van der Waals surface area contributed by atoms with Gasteiger partial charge in [0.2, 0.25) is 0 Å². The summed E-state index contributed by atoms with van der Waals surface area (Å²) in [5, 5.41) is 15.5. The van der Waals surface area contributed by atoms with Crippen molar-refractivity contribution in [3.63, 3.8) is 0 Å². The number of hydrogen-bond acceptors (Lipinski definition) is 4. The first-order valence-electron chi connectivity index (χ1n) is 8.13. The van der Waals surface area contributed by atoms with E-state index in [9.17, 15) is 10.1 Å². The van der Waals surface area contributed by atoms with E-state index >= 15 is 0 Å². The second-order valence-electron chi connectivity index (χ2n) is 6.40. The van der Waals surface area contributed by atoms with Gasteiger partial charge in [0.25, 0.3) is 5.69 Å². The predicted octanol–water partition coefficient (Wildman–Crippen LogP) is 5.08. The molecule has 4 rings (SSSR count). The van der Waals surface area contributed by atoms with Crippen LogP contribution in [0.1, 0.15) is 29.5 Å². The van der Waals surface area contributed by atoms with E-state index in [4.69, 9.17) is 16.3 Å². The third-order valence-corrected chi connectivity index (χ3v) is 5.33. The summed E-state index contributed by atoms with van der Waals surface area (Å²) in [7, 11) is 1.54. The quantitative estimate of drug-likeness (QED) is 0.473. The summed E-state index contributed by atoms with van der Waals surface area (Å²) in [5.74, 6) is 0.938. The molecule has 1 aliphatic heterocycles. The summed E-state index contributed by atoms with van der Waals surface area (Å²) >= 11 is 6.02. The van der Waals surface area contributed by atoms with Crippen molar-refractivity contribution in [3.8, 4) is 5.75 Å². The maximum atomic E-state index is 11.3. The maximum Gasteiger partial charge on any atom is 0.273 e. The Labute approximate surface area is 150 Å². The zero-order valence-corrected chi connectivity index (χ0v) is 14.4. The highest BCUT2D eigenvalue weighted by molar-refractivity contribution is 6.30. The number of methoxy groups -OCH3 is 1. The van der Waals surface area contributed by atoms with E-state index in [-0.39, 0.29) is 22.6 Å². The van der Waals surface area contributed by atoms with E-state index in [0.29, 0.717) is 16.7 Å². The van der Waals surface area contributed by atoms with Gasteiger partial charge in [0.1, 0.15) is 5.75 Å². The van der Waals surface area contributed by atoms with Crippen LogP contribution in [0.25, 0.3) is 0 Å². The number of nitro groups is 1. The van der Waals surface area contributed by atoms with Gasteiger partial charge in [0, 0.05) is 17.0 Å². The van der Waals surface area contributed by atoms with Gasteiger partial charge in [0.05, 0.1) is 29.8 Å². The molecule has 3 atom stereocenters. The molecule has 2 aromatic carbocycles. The van der Waals surface area contributed by atoms with Gasteiger partial charge < -0.3 is 10.1 Å². The lowest BCUT2D eigenvalue weighted by Gasteiger charge is -2.38. The summed E-state index contributed by atoms with van der Waals surface area (Å²) < 4.78 is 5.44. The van der Waals surface area contributed by atoms with Crippen molar-refractivity contribution in [3.05, 3.63) is 74.8 Å². The van der Waals surface area contributed by atoms with E-state index in [2.05, 4.69) is 17.5 Å². The number of ether oxygens (including phenoxy) is 1. The van der Waals surface area contributed by atoms with Crippen LogP contribution in [0.4, 0.5) is 11.4 Å². The molecular weight excluding hydrogens is 340 g/mol. The normalized spacial score (nSPS) is 23.5. The van der Waals surface area contributed by atoms with Crippen molar-refractivity contribution in [2.75, 3.05) is 12.4 Å². The number of allylic oxidation sites excluding steroid dienone is 2. The predicted molar refractivity (Wildman–Crippen MR) is 97.5 cm³/mol. The van der Waals surface area contributed by atoms with Gasteiger partial charge in [-0.3, -0.25) is 10.1 Å². The number of non-ortho nitro benzene ring substituents is 1. The Morgan fingerprint density at radius 2 is 2.04 bits per heavy atom. The molecule has 0 saturated carbocycles. The highest BCUT2D eigenvalue weighted by atomic mass is 35.5. The lowest BCUT2D eigenvalue weighted by atomic mass is 9.76. The standard InChI is InChI=1S/C19H17ClN2O3/c1-25-17-10-13(22(23)24)9-16-14-3-2-4-15(14)18(21-19(16)17)11-5-7-12(20)8-6-11/h2-3,5-10,14-15,18,21H,4H2,1H3/t14-,15-,18-/m0/s1. The molecule has 6 heteroatoms. The number of nitrogens with one attached hydrogen (secondary N) is 1. The highest BCUT2D eigenvalue weighted by Crippen LogP contribution is 2.53. The van der Waals surface area contributed by atoms with Crippen LogP contribution in [0.15, 0.2) is 48.6 Å². The minimum Gasteiger partial charge on any atom is -0.494 e. The second kappa shape index (κ2) is 6.08. The Hall–Kier alpha value is -2.53. The molecule has 1 N–H and O–H groups in total. The molecule has 0 aromatic heterocycles. The topological polar surface area (TPSA) is 64.4 Å². The van der Waals surface area contributed by atoms with Crippen molar-refractivity contribution in [2.45, 2.75) is 18.4 Å². The zero-order chi connectivity index (χ0) is 17.6. The van der Waals surface area contributed by atoms with Crippen LogP contribution in [0, 0.1) is 16.0 Å². The molecular formula is C19H17ClN2O3. The Morgan fingerprint density at radius 1 is 1.28 bits per heavy atom. The van der Waals surface area contributed by atoms with Gasteiger partial charge in [-0.2, -0.15) is 0 Å². The molecule has 0 saturated heterocycles. The fourth-order valence-corrected chi connectivity index (χ4v) is 4.04. The van der Waals surface area contributed by atoms with Crippen LogP contribution in [0.5, 0.6) is 5.75 Å². The molecule has 0 unspecified atom stereocenters. The monoisotopic (exact) mass is 356 g/mol. The Kier molecular flexibility index (Phi) is 3.88. The number of anilines is 1. The SMILES string of the molecule is COc1cc([N+](=O)[O-])cc2c1N[C@@H](c1ccc(Cl)cc1)[C@H]1CC=C[C@H]21. The van der Waals surface area contributed by atoms with E-state index in [0.717, 1.165) is 23.2 Å². The number of nitro benzene ring substituents is 1. The average Bonchev–Trinajstić information content (AvgIpc) is 3.10. The van der Waals surface area contributed by atoms with Crippen LogP contribution in [0.2, 0.25) is 5.02 Å². The molecule has 5 nitrogen and oxygen atoms in total. The molecule has 2 aliphatic rings. The number of hydrogen-bond donors (Lipinski definition) is 1. The number of fused-ring (bicyclic) bond motifs is 3.